The van der Waals surface area contributed by atoms with Crippen molar-refractivity contribution in [2.75, 3.05) is 0 Å². The fraction of sp³-hybridized carbons (Fsp3) is 0.308. The summed E-state index contributed by atoms with van der Waals surface area (Å²) in [7, 11) is 0. The second kappa shape index (κ2) is 5.46. The van der Waals surface area contributed by atoms with Gasteiger partial charge in [-0.05, 0) is 6.42 Å². The van der Waals surface area contributed by atoms with Crippen LogP contribution in [0.4, 0.5) is 0 Å². The third-order valence-corrected chi connectivity index (χ3v) is 3.85. The van der Waals surface area contributed by atoms with E-state index in [0.717, 1.165) is 22.9 Å². The number of nitrogens with zero attached hydrogens (tertiary/aromatic N) is 3. The van der Waals surface area contributed by atoms with Gasteiger partial charge in [-0.15, -0.1) is 11.3 Å². The zero-order valence-corrected chi connectivity index (χ0v) is 11.9. The van der Waals surface area contributed by atoms with Crippen LogP contribution in [0.2, 0.25) is 0 Å². The van der Waals surface area contributed by atoms with Gasteiger partial charge in [-0.1, -0.05) is 6.92 Å². The van der Waals surface area contributed by atoms with Crippen LogP contribution in [0.3, 0.4) is 0 Å². The smallest absolute Gasteiger partial charge is 0.226 e. The van der Waals surface area contributed by atoms with E-state index in [-0.39, 0.29) is 18.4 Å². The molecular weight excluding hydrogens is 274 g/mol. The van der Waals surface area contributed by atoms with Crippen LogP contribution in [-0.4, -0.2) is 25.3 Å². The number of hydrogen-bond donors (Lipinski definition) is 2. The lowest BCUT2D eigenvalue weighted by molar-refractivity contribution is -0.121. The van der Waals surface area contributed by atoms with Crippen molar-refractivity contribution >= 4 is 22.2 Å². The molecule has 0 radical (unpaired) electrons. The average Bonchev–Trinajstić information content (AvgIpc) is 3.11. The molecule has 7 heteroatoms. The maximum Gasteiger partial charge on any atom is 0.226 e. The molecule has 0 aliphatic rings. The van der Waals surface area contributed by atoms with Crippen molar-refractivity contribution < 1.29 is 4.79 Å². The molecule has 0 fully saturated rings. The van der Waals surface area contributed by atoms with Crippen molar-refractivity contribution in [1.29, 1.82) is 0 Å². The van der Waals surface area contributed by atoms with Crippen LogP contribution in [0.5, 0.6) is 0 Å². The van der Waals surface area contributed by atoms with Gasteiger partial charge in [0.1, 0.15) is 5.82 Å². The molecule has 20 heavy (non-hydrogen) atoms. The summed E-state index contributed by atoms with van der Waals surface area (Å²) in [5.74, 6) is 0.741. The first kappa shape index (κ1) is 12.9. The zero-order valence-electron chi connectivity index (χ0n) is 11.0. The van der Waals surface area contributed by atoms with Gasteiger partial charge < -0.3 is 10.3 Å². The summed E-state index contributed by atoms with van der Waals surface area (Å²) in [5.41, 5.74) is 0.781. The third-order valence-electron chi connectivity index (χ3n) is 3.08. The number of hydrogen-bond acceptors (Lipinski definition) is 4. The van der Waals surface area contributed by atoms with Gasteiger partial charge in [0.15, 0.2) is 4.96 Å². The van der Waals surface area contributed by atoms with Gasteiger partial charge >= 0.3 is 0 Å². The van der Waals surface area contributed by atoms with E-state index in [1.54, 1.807) is 23.7 Å². The number of fused-ring (bicyclic) bond motifs is 1. The molecule has 0 aliphatic heterocycles. The number of aromatic nitrogens is 4. The number of thiazole rings is 1. The minimum absolute atomic E-state index is 0.0426. The van der Waals surface area contributed by atoms with Crippen LogP contribution in [0, 0.1) is 0 Å². The van der Waals surface area contributed by atoms with Crippen LogP contribution < -0.4 is 5.32 Å². The molecular formula is C13H15N5OS. The molecule has 0 aliphatic carbocycles. The third kappa shape index (κ3) is 2.57. The number of imidazole rings is 2. The zero-order chi connectivity index (χ0) is 13.9. The molecule has 3 aromatic rings. The molecule has 0 aromatic carbocycles. The number of rotatable bonds is 5. The Kier molecular flexibility index (Phi) is 3.51. The summed E-state index contributed by atoms with van der Waals surface area (Å²) in [5, 5.41) is 4.94. The van der Waals surface area contributed by atoms with Gasteiger partial charge in [0.25, 0.3) is 0 Å². The molecule has 0 spiro atoms. The van der Waals surface area contributed by atoms with E-state index in [1.165, 1.54) is 0 Å². The lowest BCUT2D eigenvalue weighted by Crippen LogP contribution is -2.30. The lowest BCUT2D eigenvalue weighted by atomic mass is 10.2. The molecule has 0 saturated carbocycles. The highest BCUT2D eigenvalue weighted by atomic mass is 32.1. The van der Waals surface area contributed by atoms with Crippen molar-refractivity contribution in [3.63, 3.8) is 0 Å². The first-order chi connectivity index (χ1) is 9.76. The Bertz CT molecular complexity index is 671. The number of nitrogens with one attached hydrogen (secondary N) is 2. The summed E-state index contributed by atoms with van der Waals surface area (Å²) in [6, 6.07) is -0.0822. The van der Waals surface area contributed by atoms with E-state index < -0.39 is 0 Å². The summed E-state index contributed by atoms with van der Waals surface area (Å²) in [6.07, 6.45) is 8.34. The van der Waals surface area contributed by atoms with Crippen molar-refractivity contribution in [1.82, 2.24) is 24.7 Å². The van der Waals surface area contributed by atoms with Gasteiger partial charge in [-0.25, -0.2) is 9.97 Å². The number of amides is 1. The fourth-order valence-corrected chi connectivity index (χ4v) is 2.82. The predicted molar refractivity (Wildman–Crippen MR) is 76.5 cm³/mol. The molecule has 0 saturated heterocycles. The minimum atomic E-state index is -0.0822. The van der Waals surface area contributed by atoms with E-state index >= 15 is 0 Å². The molecule has 2 N–H and O–H groups in total. The van der Waals surface area contributed by atoms with E-state index in [0.29, 0.717) is 0 Å². The number of carbonyl (C=O) groups excluding carboxylic acids is 1. The molecule has 0 bridgehead atoms. The standard InChI is InChI=1S/C13H15N5OS/c1-2-10(12-14-3-4-15-12)17-11(19)7-9-8-18-5-6-20-13(18)16-9/h3-6,8,10H,2,7H2,1H3,(H,14,15)(H,17,19). The first-order valence-electron chi connectivity index (χ1n) is 6.46. The lowest BCUT2D eigenvalue weighted by Gasteiger charge is -2.14. The van der Waals surface area contributed by atoms with Crippen LogP contribution >= 0.6 is 11.3 Å². The van der Waals surface area contributed by atoms with Crippen molar-refractivity contribution in [2.45, 2.75) is 25.8 Å². The van der Waals surface area contributed by atoms with Crippen LogP contribution in [0.25, 0.3) is 4.96 Å². The molecule has 6 nitrogen and oxygen atoms in total. The molecule has 104 valence electrons. The summed E-state index contributed by atoms with van der Waals surface area (Å²) in [4.78, 5) is 24.6. The number of H-pyrrole nitrogens is 1. The maximum absolute atomic E-state index is 12.1. The van der Waals surface area contributed by atoms with E-state index in [4.69, 9.17) is 0 Å². The summed E-state index contributed by atoms with van der Waals surface area (Å²) in [6.45, 7) is 2.01. The quantitative estimate of drug-likeness (QED) is 0.753. The highest BCUT2D eigenvalue weighted by molar-refractivity contribution is 7.15. The van der Waals surface area contributed by atoms with Gasteiger partial charge in [-0.2, -0.15) is 0 Å². The molecule has 3 aromatic heterocycles. The van der Waals surface area contributed by atoms with Crippen LogP contribution in [0.1, 0.15) is 30.9 Å². The van der Waals surface area contributed by atoms with Gasteiger partial charge in [0.2, 0.25) is 5.91 Å². The molecule has 1 amide bonds. The Balaban J connectivity index is 1.65. The highest BCUT2D eigenvalue weighted by Gasteiger charge is 2.16. The SMILES string of the molecule is CCC(NC(=O)Cc1cn2ccsc2n1)c1ncc[nH]1. The van der Waals surface area contributed by atoms with E-state index in [1.807, 2.05) is 29.1 Å². The highest BCUT2D eigenvalue weighted by Crippen LogP contribution is 2.14. The van der Waals surface area contributed by atoms with Gasteiger partial charge in [-0.3, -0.25) is 9.20 Å². The second-order valence-electron chi connectivity index (χ2n) is 4.50. The fourth-order valence-electron chi connectivity index (χ4n) is 2.10. The Hall–Kier alpha value is -2.15. The molecule has 1 atom stereocenters. The normalized spacial score (nSPS) is 12.7. The monoisotopic (exact) mass is 289 g/mol. The van der Waals surface area contributed by atoms with Crippen LogP contribution in [0.15, 0.2) is 30.2 Å². The topological polar surface area (TPSA) is 75.1 Å². The Morgan fingerprint density at radius 1 is 1.60 bits per heavy atom. The van der Waals surface area contributed by atoms with Crippen molar-refractivity contribution in [3.05, 3.63) is 41.7 Å². The maximum atomic E-state index is 12.1. The molecule has 1 unspecified atom stereocenters. The second-order valence-corrected chi connectivity index (χ2v) is 5.38. The molecule has 3 heterocycles. The Morgan fingerprint density at radius 3 is 3.20 bits per heavy atom. The van der Waals surface area contributed by atoms with Gasteiger partial charge in [0.05, 0.1) is 18.2 Å². The summed E-state index contributed by atoms with van der Waals surface area (Å²) < 4.78 is 1.93. The minimum Gasteiger partial charge on any atom is -0.347 e. The summed E-state index contributed by atoms with van der Waals surface area (Å²) >= 11 is 1.56. The average molecular weight is 289 g/mol. The van der Waals surface area contributed by atoms with Crippen molar-refractivity contribution in [2.24, 2.45) is 0 Å². The van der Waals surface area contributed by atoms with E-state index in [9.17, 15) is 4.79 Å². The van der Waals surface area contributed by atoms with Crippen LogP contribution in [-0.2, 0) is 11.2 Å². The Labute approximate surface area is 119 Å². The number of carbonyl (C=O) groups is 1. The predicted octanol–water partition coefficient (Wildman–Crippen LogP) is 1.93. The van der Waals surface area contributed by atoms with Crippen molar-refractivity contribution in [3.8, 4) is 0 Å². The van der Waals surface area contributed by atoms with E-state index in [2.05, 4.69) is 20.3 Å². The largest absolute Gasteiger partial charge is 0.347 e. The Morgan fingerprint density at radius 2 is 2.50 bits per heavy atom. The van der Waals surface area contributed by atoms with Gasteiger partial charge in [0, 0.05) is 30.2 Å². The first-order valence-corrected chi connectivity index (χ1v) is 7.34. The molecule has 3 rings (SSSR count). The number of aromatic amines is 1.